The van der Waals surface area contributed by atoms with Crippen LogP contribution in [-0.2, 0) is 41.1 Å². The van der Waals surface area contributed by atoms with Crippen LogP contribution in [0, 0.1) is 0 Å². The predicted molar refractivity (Wildman–Crippen MR) is 132 cm³/mol. The summed E-state index contributed by atoms with van der Waals surface area (Å²) in [6.45, 7) is 6.22. The zero-order valence-electron chi connectivity index (χ0n) is 20.2. The van der Waals surface area contributed by atoms with Gasteiger partial charge in [-0.15, -0.1) is 0 Å². The van der Waals surface area contributed by atoms with E-state index in [0.717, 1.165) is 20.2 Å². The average molecular weight is 552 g/mol. The molecular formula is C26H25F2O7S2+. The lowest BCUT2D eigenvalue weighted by atomic mass is 10.1. The molecule has 0 amide bonds. The van der Waals surface area contributed by atoms with Gasteiger partial charge in [-0.3, -0.25) is 4.55 Å². The lowest BCUT2D eigenvalue weighted by molar-refractivity contribution is -0.176. The zero-order chi connectivity index (χ0) is 27.1. The molecule has 1 saturated heterocycles. The highest BCUT2D eigenvalue weighted by Gasteiger charge is 2.54. The number of halogens is 2. The first kappa shape index (κ1) is 27.2. The Balaban J connectivity index is 1.68. The molecule has 1 aliphatic rings. The van der Waals surface area contributed by atoms with Crippen LogP contribution in [0.15, 0.2) is 93.5 Å². The standard InChI is InChI=1S/C26H24F2O7S2/c1-24(2)17-33-25(3,35-24)18-8-7-11-22(16-18)36(20-9-5-4-6-10-20)21-14-12-19(13-15-21)34-23(29)26(27,28)37(30,31)32/h4-16H,17H2,1-3H3/p+1. The van der Waals surface area contributed by atoms with Gasteiger partial charge in [0.2, 0.25) is 0 Å². The van der Waals surface area contributed by atoms with E-state index in [9.17, 15) is 22.0 Å². The van der Waals surface area contributed by atoms with Crippen molar-refractivity contribution in [2.45, 2.75) is 52.1 Å². The van der Waals surface area contributed by atoms with Crippen molar-refractivity contribution >= 4 is 27.0 Å². The van der Waals surface area contributed by atoms with E-state index < -0.39 is 43.6 Å². The van der Waals surface area contributed by atoms with Crippen LogP contribution in [0.1, 0.15) is 26.3 Å². The molecule has 196 valence electrons. The van der Waals surface area contributed by atoms with Crippen LogP contribution in [0.25, 0.3) is 0 Å². The molecule has 37 heavy (non-hydrogen) atoms. The molecule has 0 aromatic heterocycles. The number of carbonyl (C=O) groups is 1. The maximum Gasteiger partial charge on any atom is 0.466 e. The fraction of sp³-hybridized carbons (Fsp3) is 0.269. The SMILES string of the molecule is CC1(C)COC(C)(c2cccc([S+](c3ccccc3)c3ccc(OC(=O)C(F)(F)S(=O)(=O)O)cc3)c2)O1. The average Bonchev–Trinajstić information content (AvgIpc) is 3.14. The monoisotopic (exact) mass is 551 g/mol. The number of ether oxygens (including phenoxy) is 3. The first-order valence-corrected chi connectivity index (χ1v) is 13.8. The van der Waals surface area contributed by atoms with Gasteiger partial charge in [0.1, 0.15) is 5.75 Å². The molecule has 2 atom stereocenters. The Kier molecular flexibility index (Phi) is 7.21. The molecule has 3 aromatic carbocycles. The van der Waals surface area contributed by atoms with Crippen LogP contribution < -0.4 is 4.74 Å². The van der Waals surface area contributed by atoms with Crippen LogP contribution in [-0.4, -0.2) is 36.4 Å². The van der Waals surface area contributed by atoms with Crippen LogP contribution in [0.3, 0.4) is 0 Å². The van der Waals surface area contributed by atoms with Crippen molar-refractivity contribution in [1.82, 2.24) is 0 Å². The summed E-state index contributed by atoms with van der Waals surface area (Å²) in [4.78, 5) is 14.3. The molecule has 11 heteroatoms. The van der Waals surface area contributed by atoms with Crippen LogP contribution in [0.5, 0.6) is 5.75 Å². The van der Waals surface area contributed by atoms with E-state index >= 15 is 0 Å². The van der Waals surface area contributed by atoms with Crippen LogP contribution in [0.2, 0.25) is 0 Å². The van der Waals surface area contributed by atoms with E-state index in [1.165, 1.54) is 12.1 Å². The molecule has 1 heterocycles. The second-order valence-corrected chi connectivity index (χ2v) is 12.6. The Bertz CT molecular complexity index is 1390. The lowest BCUT2D eigenvalue weighted by Crippen LogP contribution is -2.40. The number of alkyl halides is 2. The minimum atomic E-state index is -5.97. The predicted octanol–water partition coefficient (Wildman–Crippen LogP) is 5.17. The summed E-state index contributed by atoms with van der Waals surface area (Å²) in [5, 5.41) is -5.09. The van der Waals surface area contributed by atoms with Crippen molar-refractivity contribution in [3.63, 3.8) is 0 Å². The Hall–Kier alpha value is -2.83. The summed E-state index contributed by atoms with van der Waals surface area (Å²) in [6.07, 6.45) is 0. The van der Waals surface area contributed by atoms with Crippen LogP contribution in [0.4, 0.5) is 8.78 Å². The van der Waals surface area contributed by atoms with Crippen molar-refractivity contribution in [3.8, 4) is 5.75 Å². The largest absolute Gasteiger partial charge is 0.466 e. The molecule has 7 nitrogen and oxygen atoms in total. The van der Waals surface area contributed by atoms with Gasteiger partial charge in [0.05, 0.1) is 23.1 Å². The maximum atomic E-state index is 13.6. The second kappa shape index (κ2) is 9.80. The molecule has 0 spiro atoms. The minimum Gasteiger partial charge on any atom is -0.421 e. The summed E-state index contributed by atoms with van der Waals surface area (Å²) >= 11 is 0. The number of benzene rings is 3. The van der Waals surface area contributed by atoms with Gasteiger partial charge in [0, 0.05) is 11.6 Å². The molecule has 1 fully saturated rings. The van der Waals surface area contributed by atoms with Gasteiger partial charge >= 0.3 is 21.3 Å². The van der Waals surface area contributed by atoms with Gasteiger partial charge in [-0.2, -0.15) is 17.2 Å². The molecule has 1 aliphatic heterocycles. The molecule has 2 unspecified atom stereocenters. The minimum absolute atomic E-state index is 0.301. The first-order chi connectivity index (χ1) is 17.2. The number of hydrogen-bond acceptors (Lipinski definition) is 6. The Morgan fingerprint density at radius 3 is 2.11 bits per heavy atom. The fourth-order valence-electron chi connectivity index (χ4n) is 3.83. The van der Waals surface area contributed by atoms with Crippen LogP contribution >= 0.6 is 0 Å². The third-order valence-corrected chi connectivity index (χ3v) is 8.60. The molecule has 0 bridgehead atoms. The molecular weight excluding hydrogens is 526 g/mol. The number of hydrogen-bond donors (Lipinski definition) is 1. The third kappa shape index (κ3) is 5.70. The van der Waals surface area contributed by atoms with E-state index in [-0.39, 0.29) is 5.75 Å². The van der Waals surface area contributed by atoms with E-state index in [1.807, 2.05) is 75.4 Å². The highest BCUT2D eigenvalue weighted by molar-refractivity contribution is 7.97. The molecule has 3 aromatic rings. The third-order valence-electron chi connectivity index (χ3n) is 5.57. The topological polar surface area (TPSA) is 99.1 Å². The van der Waals surface area contributed by atoms with E-state index in [2.05, 4.69) is 4.74 Å². The molecule has 4 rings (SSSR count). The lowest BCUT2D eigenvalue weighted by Gasteiger charge is -2.26. The van der Waals surface area contributed by atoms with Crippen molar-refractivity contribution in [2.75, 3.05) is 6.61 Å². The smallest absolute Gasteiger partial charge is 0.421 e. The summed E-state index contributed by atoms with van der Waals surface area (Å²) < 4.78 is 74.1. The van der Waals surface area contributed by atoms with Crippen molar-refractivity contribution in [3.05, 3.63) is 84.4 Å². The molecule has 1 N–H and O–H groups in total. The van der Waals surface area contributed by atoms with E-state index in [4.69, 9.17) is 14.0 Å². The Labute approximate surface area is 216 Å². The molecule has 0 radical (unpaired) electrons. The maximum absolute atomic E-state index is 13.6. The fourth-order valence-corrected chi connectivity index (χ4v) is 6.19. The molecule has 0 aliphatic carbocycles. The van der Waals surface area contributed by atoms with Crippen molar-refractivity contribution in [1.29, 1.82) is 0 Å². The van der Waals surface area contributed by atoms with Gasteiger partial charge < -0.3 is 14.2 Å². The van der Waals surface area contributed by atoms with Gasteiger partial charge in [-0.05, 0) is 63.2 Å². The summed E-state index contributed by atoms with van der Waals surface area (Å²) in [5.74, 6) is -3.63. The Morgan fingerprint density at radius 1 is 0.946 bits per heavy atom. The highest BCUT2D eigenvalue weighted by Crippen LogP contribution is 2.41. The van der Waals surface area contributed by atoms with Crippen molar-refractivity contribution in [2.24, 2.45) is 0 Å². The number of esters is 1. The summed E-state index contributed by atoms with van der Waals surface area (Å²) in [6, 6.07) is 23.2. The number of carbonyl (C=O) groups excluding carboxylic acids is 1. The molecule has 0 saturated carbocycles. The van der Waals surface area contributed by atoms with Gasteiger partial charge in [-0.1, -0.05) is 30.3 Å². The van der Waals surface area contributed by atoms with Gasteiger partial charge in [0.15, 0.2) is 20.5 Å². The normalized spacial score (nSPS) is 20.4. The highest BCUT2D eigenvalue weighted by atomic mass is 32.2. The second-order valence-electron chi connectivity index (χ2n) is 9.10. The van der Waals surface area contributed by atoms with E-state index in [0.29, 0.717) is 6.61 Å². The van der Waals surface area contributed by atoms with E-state index in [1.54, 1.807) is 12.1 Å². The summed E-state index contributed by atoms with van der Waals surface area (Å²) in [7, 11) is -6.62. The first-order valence-electron chi connectivity index (χ1n) is 11.1. The quantitative estimate of drug-likeness (QED) is 0.187. The Morgan fingerprint density at radius 2 is 1.54 bits per heavy atom. The zero-order valence-corrected chi connectivity index (χ0v) is 21.8. The van der Waals surface area contributed by atoms with Gasteiger partial charge in [-0.25, -0.2) is 4.79 Å². The summed E-state index contributed by atoms with van der Waals surface area (Å²) in [5.41, 5.74) is 0.396. The van der Waals surface area contributed by atoms with Crippen molar-refractivity contribution < 1.29 is 40.8 Å². The number of rotatable bonds is 7. The van der Waals surface area contributed by atoms with Gasteiger partial charge in [0.25, 0.3) is 0 Å².